The van der Waals surface area contributed by atoms with Crippen LogP contribution in [-0.2, 0) is 11.3 Å². The van der Waals surface area contributed by atoms with Crippen molar-refractivity contribution in [3.63, 3.8) is 0 Å². The summed E-state index contributed by atoms with van der Waals surface area (Å²) >= 11 is 0. The van der Waals surface area contributed by atoms with Gasteiger partial charge in [-0.25, -0.2) is 0 Å². The average Bonchev–Trinajstić information content (AvgIpc) is 2.44. The molecule has 1 aliphatic rings. The number of nitrogens with two attached hydrogens (primary N) is 1. The van der Waals surface area contributed by atoms with Gasteiger partial charge in [0.1, 0.15) is 18.5 Å². The molecule has 3 atom stereocenters. The molecule has 1 fully saturated rings. The third-order valence-electron chi connectivity index (χ3n) is 3.59. The summed E-state index contributed by atoms with van der Waals surface area (Å²) in [5.41, 5.74) is 6.63. The van der Waals surface area contributed by atoms with Gasteiger partial charge < -0.3 is 20.3 Å². The molecule has 0 bridgehead atoms. The van der Waals surface area contributed by atoms with E-state index >= 15 is 0 Å². The van der Waals surface area contributed by atoms with Gasteiger partial charge in [-0.1, -0.05) is 18.2 Å². The lowest BCUT2D eigenvalue weighted by atomic mass is 10.2. The Bertz CT molecular complexity index is 431. The largest absolute Gasteiger partial charge is 0.491 e. The molecule has 1 saturated heterocycles. The van der Waals surface area contributed by atoms with Crippen molar-refractivity contribution in [2.75, 3.05) is 26.2 Å². The van der Waals surface area contributed by atoms with E-state index < -0.39 is 6.10 Å². The molecule has 0 radical (unpaired) electrons. The minimum atomic E-state index is -0.520. The second-order valence-corrected chi connectivity index (χ2v) is 5.75. The van der Waals surface area contributed by atoms with Crippen LogP contribution >= 0.6 is 0 Å². The third kappa shape index (κ3) is 4.97. The summed E-state index contributed by atoms with van der Waals surface area (Å²) in [6.45, 7) is 7.12. The van der Waals surface area contributed by atoms with E-state index in [2.05, 4.69) is 18.7 Å². The second kappa shape index (κ2) is 7.75. The summed E-state index contributed by atoms with van der Waals surface area (Å²) in [5, 5.41) is 10.2. The Labute approximate surface area is 126 Å². The quantitative estimate of drug-likeness (QED) is 0.819. The van der Waals surface area contributed by atoms with Crippen molar-refractivity contribution in [2.24, 2.45) is 5.73 Å². The Morgan fingerprint density at radius 1 is 1.33 bits per heavy atom. The fraction of sp³-hybridized carbons (Fsp3) is 0.625. The summed E-state index contributed by atoms with van der Waals surface area (Å²) in [6, 6.07) is 7.66. The lowest BCUT2D eigenvalue weighted by molar-refractivity contribution is -0.0787. The first kappa shape index (κ1) is 16.2. The fourth-order valence-electron chi connectivity index (χ4n) is 2.78. The molecule has 0 aromatic heterocycles. The molecule has 0 saturated carbocycles. The highest BCUT2D eigenvalue weighted by molar-refractivity contribution is 5.32. The highest BCUT2D eigenvalue weighted by Gasteiger charge is 2.24. The van der Waals surface area contributed by atoms with Crippen molar-refractivity contribution < 1.29 is 14.6 Å². The molecule has 21 heavy (non-hydrogen) atoms. The van der Waals surface area contributed by atoms with Crippen molar-refractivity contribution in [3.8, 4) is 5.75 Å². The average molecular weight is 294 g/mol. The molecule has 118 valence electrons. The number of aliphatic hydroxyl groups is 1. The van der Waals surface area contributed by atoms with Gasteiger partial charge in [0.15, 0.2) is 0 Å². The lowest BCUT2D eigenvalue weighted by Gasteiger charge is -2.36. The number of hydrogen-bond donors (Lipinski definition) is 2. The van der Waals surface area contributed by atoms with Gasteiger partial charge in [0.05, 0.1) is 12.2 Å². The van der Waals surface area contributed by atoms with Gasteiger partial charge >= 0.3 is 0 Å². The van der Waals surface area contributed by atoms with Gasteiger partial charge in [0.25, 0.3) is 0 Å². The molecular weight excluding hydrogens is 268 g/mol. The normalized spacial score (nSPS) is 24.8. The number of ether oxygens (including phenoxy) is 2. The first-order valence-electron chi connectivity index (χ1n) is 7.55. The zero-order valence-electron chi connectivity index (χ0n) is 12.9. The summed E-state index contributed by atoms with van der Waals surface area (Å²) in [7, 11) is 0. The molecule has 5 heteroatoms. The van der Waals surface area contributed by atoms with E-state index in [4.69, 9.17) is 15.2 Å². The second-order valence-electron chi connectivity index (χ2n) is 5.75. The van der Waals surface area contributed by atoms with Gasteiger partial charge in [0, 0.05) is 31.7 Å². The smallest absolute Gasteiger partial charge is 0.123 e. The predicted octanol–water partition coefficient (Wildman–Crippen LogP) is 0.994. The van der Waals surface area contributed by atoms with Crippen LogP contribution in [0.3, 0.4) is 0 Å². The van der Waals surface area contributed by atoms with Gasteiger partial charge in [-0.3, -0.25) is 4.90 Å². The zero-order valence-corrected chi connectivity index (χ0v) is 12.9. The Hall–Kier alpha value is -1.14. The maximum absolute atomic E-state index is 10.2. The maximum Gasteiger partial charge on any atom is 0.123 e. The summed E-state index contributed by atoms with van der Waals surface area (Å²) in [4.78, 5) is 2.22. The molecule has 0 spiro atoms. The van der Waals surface area contributed by atoms with E-state index in [0.29, 0.717) is 13.1 Å². The summed E-state index contributed by atoms with van der Waals surface area (Å²) < 4.78 is 11.4. The summed E-state index contributed by atoms with van der Waals surface area (Å²) in [5.74, 6) is 0.753. The van der Waals surface area contributed by atoms with Crippen LogP contribution in [0, 0.1) is 0 Å². The zero-order chi connectivity index (χ0) is 15.2. The van der Waals surface area contributed by atoms with E-state index in [1.807, 2.05) is 24.3 Å². The molecule has 0 amide bonds. The van der Waals surface area contributed by atoms with Gasteiger partial charge in [-0.05, 0) is 19.9 Å². The van der Waals surface area contributed by atoms with Crippen LogP contribution in [0.1, 0.15) is 19.4 Å². The Morgan fingerprint density at radius 3 is 2.67 bits per heavy atom. The molecule has 3 N–H and O–H groups in total. The minimum absolute atomic E-state index is 0.208. The minimum Gasteiger partial charge on any atom is -0.491 e. The number of β-amino-alcohol motifs (C(OH)–C–C–N with tert-alkyl or cyclic N) is 1. The number of aliphatic hydroxyl groups excluding tert-OH is 1. The number of hydrogen-bond acceptors (Lipinski definition) is 5. The SMILES string of the molecule is C[C@@H]1CN(CC(O)COc2ccccc2CN)C[C@H](C)O1. The molecular formula is C16H26N2O3. The number of nitrogens with zero attached hydrogens (tertiary/aromatic N) is 1. The summed E-state index contributed by atoms with van der Waals surface area (Å²) in [6.07, 6.45) is -0.104. The Morgan fingerprint density at radius 2 is 2.00 bits per heavy atom. The third-order valence-corrected chi connectivity index (χ3v) is 3.59. The molecule has 1 heterocycles. The molecule has 2 rings (SSSR count). The van der Waals surface area contributed by atoms with Crippen LogP contribution in [0.4, 0.5) is 0 Å². The van der Waals surface area contributed by atoms with Crippen molar-refractivity contribution in [2.45, 2.75) is 38.7 Å². The maximum atomic E-state index is 10.2. The Balaban J connectivity index is 1.80. The van der Waals surface area contributed by atoms with Gasteiger partial charge in [-0.15, -0.1) is 0 Å². The molecule has 5 nitrogen and oxygen atoms in total. The van der Waals surface area contributed by atoms with Crippen molar-refractivity contribution >= 4 is 0 Å². The van der Waals surface area contributed by atoms with Crippen molar-refractivity contribution in [3.05, 3.63) is 29.8 Å². The van der Waals surface area contributed by atoms with Crippen LogP contribution in [0.25, 0.3) is 0 Å². The topological polar surface area (TPSA) is 68.0 Å². The number of benzene rings is 1. The van der Waals surface area contributed by atoms with E-state index in [9.17, 15) is 5.11 Å². The first-order chi connectivity index (χ1) is 10.1. The lowest BCUT2D eigenvalue weighted by Crippen LogP contribution is -2.48. The van der Waals surface area contributed by atoms with Gasteiger partial charge in [-0.2, -0.15) is 0 Å². The predicted molar refractivity (Wildman–Crippen MR) is 82.3 cm³/mol. The first-order valence-corrected chi connectivity index (χ1v) is 7.55. The highest BCUT2D eigenvalue weighted by Crippen LogP contribution is 2.17. The monoisotopic (exact) mass is 294 g/mol. The highest BCUT2D eigenvalue weighted by atomic mass is 16.5. The molecule has 1 aromatic rings. The molecule has 0 aliphatic carbocycles. The number of rotatable bonds is 6. The van der Waals surface area contributed by atoms with Crippen LogP contribution in [0.5, 0.6) is 5.75 Å². The Kier molecular flexibility index (Phi) is 5.99. The van der Waals surface area contributed by atoms with Crippen LogP contribution in [0.2, 0.25) is 0 Å². The van der Waals surface area contributed by atoms with Crippen LogP contribution in [0.15, 0.2) is 24.3 Å². The van der Waals surface area contributed by atoms with E-state index in [-0.39, 0.29) is 18.8 Å². The fourth-order valence-corrected chi connectivity index (χ4v) is 2.78. The molecule has 1 aliphatic heterocycles. The van der Waals surface area contributed by atoms with Crippen LogP contribution in [-0.4, -0.2) is 54.6 Å². The van der Waals surface area contributed by atoms with Gasteiger partial charge in [0.2, 0.25) is 0 Å². The van der Waals surface area contributed by atoms with E-state index in [1.54, 1.807) is 0 Å². The number of para-hydroxylation sites is 1. The molecule has 1 unspecified atom stereocenters. The molecule has 1 aromatic carbocycles. The van der Waals surface area contributed by atoms with Crippen LogP contribution < -0.4 is 10.5 Å². The van der Waals surface area contributed by atoms with Crippen molar-refractivity contribution in [1.29, 1.82) is 0 Å². The van der Waals surface area contributed by atoms with Crippen molar-refractivity contribution in [1.82, 2.24) is 4.90 Å². The standard InChI is InChI=1S/C16H26N2O3/c1-12-8-18(9-13(2)21-12)10-15(19)11-20-16-6-4-3-5-14(16)7-17/h3-6,12-13,15,19H,7-11,17H2,1-2H3/t12-,13+,15?. The van der Waals surface area contributed by atoms with E-state index in [1.165, 1.54) is 0 Å². The van der Waals surface area contributed by atoms with E-state index in [0.717, 1.165) is 24.4 Å². The number of morpholine rings is 1.